The molecule has 0 bridgehead atoms. The molecule has 26 heavy (non-hydrogen) atoms. The minimum absolute atomic E-state index is 0.0375. The molecule has 4 rings (SSSR count). The highest BCUT2D eigenvalue weighted by Gasteiger charge is 2.27. The lowest BCUT2D eigenvalue weighted by Crippen LogP contribution is -2.38. The van der Waals surface area contributed by atoms with Crippen LogP contribution < -0.4 is 5.69 Å². The Kier molecular flexibility index (Phi) is 4.42. The number of likely N-dealkylation sites (N-methyl/N-ethyl adjacent to an activating group) is 1. The first-order chi connectivity index (χ1) is 12.6. The number of thiophene rings is 1. The summed E-state index contributed by atoms with van der Waals surface area (Å²) in [5, 5.41) is 10.3. The van der Waals surface area contributed by atoms with E-state index in [9.17, 15) is 9.59 Å². The molecule has 1 aliphatic carbocycles. The quantitative estimate of drug-likeness (QED) is 0.705. The van der Waals surface area contributed by atoms with Crippen LogP contribution in [0.3, 0.4) is 0 Å². The molecule has 0 N–H and O–H groups in total. The minimum atomic E-state index is -0.404. The molecule has 0 saturated carbocycles. The van der Waals surface area contributed by atoms with Crippen LogP contribution in [-0.4, -0.2) is 37.6 Å². The molecule has 8 heteroatoms. The summed E-state index contributed by atoms with van der Waals surface area (Å²) in [5.74, 6) is -0.146. The summed E-state index contributed by atoms with van der Waals surface area (Å²) in [7, 11) is 1.80. The molecular formula is C18H19N5O2S. The monoisotopic (exact) mass is 369 g/mol. The van der Waals surface area contributed by atoms with Crippen LogP contribution in [0.4, 0.5) is 0 Å². The molecule has 1 amide bonds. The van der Waals surface area contributed by atoms with Crippen molar-refractivity contribution < 1.29 is 4.79 Å². The van der Waals surface area contributed by atoms with E-state index in [4.69, 9.17) is 0 Å². The summed E-state index contributed by atoms with van der Waals surface area (Å²) in [6.45, 7) is -0.112. The van der Waals surface area contributed by atoms with Crippen molar-refractivity contribution in [2.45, 2.75) is 31.8 Å². The van der Waals surface area contributed by atoms with E-state index in [-0.39, 0.29) is 18.5 Å². The zero-order chi connectivity index (χ0) is 18.1. The van der Waals surface area contributed by atoms with Crippen LogP contribution in [0, 0.1) is 0 Å². The Morgan fingerprint density at radius 3 is 2.92 bits per heavy atom. The van der Waals surface area contributed by atoms with E-state index in [1.54, 1.807) is 18.0 Å². The third kappa shape index (κ3) is 2.96. The summed E-state index contributed by atoms with van der Waals surface area (Å²) in [4.78, 5) is 26.9. The summed E-state index contributed by atoms with van der Waals surface area (Å²) in [6.07, 6.45) is 3.02. The SMILES string of the molecule is CN(C(=O)Cn1nnn(-c2cccs2)c1=O)C1CCCc2ccccc21. The first-order valence-electron chi connectivity index (χ1n) is 8.55. The predicted molar refractivity (Wildman–Crippen MR) is 98.4 cm³/mol. The van der Waals surface area contributed by atoms with E-state index in [1.807, 2.05) is 23.6 Å². The van der Waals surface area contributed by atoms with Gasteiger partial charge in [0.25, 0.3) is 0 Å². The highest BCUT2D eigenvalue weighted by atomic mass is 32.1. The number of carbonyl (C=O) groups is 1. The first kappa shape index (κ1) is 16.7. The van der Waals surface area contributed by atoms with Gasteiger partial charge in [-0.2, -0.15) is 9.36 Å². The van der Waals surface area contributed by atoms with E-state index in [0.717, 1.165) is 23.9 Å². The Morgan fingerprint density at radius 1 is 1.27 bits per heavy atom. The molecule has 0 fully saturated rings. The summed E-state index contributed by atoms with van der Waals surface area (Å²) in [5.41, 5.74) is 2.09. The second-order valence-electron chi connectivity index (χ2n) is 6.39. The van der Waals surface area contributed by atoms with Gasteiger partial charge in [0, 0.05) is 7.05 Å². The van der Waals surface area contributed by atoms with Gasteiger partial charge in [-0.15, -0.1) is 11.3 Å². The van der Waals surface area contributed by atoms with Gasteiger partial charge in [-0.1, -0.05) is 24.3 Å². The third-order valence-corrected chi connectivity index (χ3v) is 5.68. The van der Waals surface area contributed by atoms with Gasteiger partial charge in [-0.25, -0.2) is 4.79 Å². The smallest absolute Gasteiger partial charge is 0.337 e. The molecule has 1 atom stereocenters. The molecular weight excluding hydrogens is 350 g/mol. The Morgan fingerprint density at radius 2 is 2.12 bits per heavy atom. The van der Waals surface area contributed by atoms with Crippen molar-refractivity contribution in [3.8, 4) is 5.00 Å². The van der Waals surface area contributed by atoms with Gasteiger partial charge >= 0.3 is 5.69 Å². The number of tetrazole rings is 1. The largest absolute Gasteiger partial charge is 0.369 e. The summed E-state index contributed by atoms with van der Waals surface area (Å²) < 4.78 is 2.33. The lowest BCUT2D eigenvalue weighted by molar-refractivity contribution is -0.133. The van der Waals surface area contributed by atoms with Gasteiger partial charge in [0.15, 0.2) is 0 Å². The molecule has 1 aromatic carbocycles. The highest BCUT2D eigenvalue weighted by molar-refractivity contribution is 7.12. The maximum Gasteiger partial charge on any atom is 0.369 e. The van der Waals surface area contributed by atoms with Gasteiger partial charge in [0.2, 0.25) is 5.91 Å². The summed E-state index contributed by atoms with van der Waals surface area (Å²) in [6, 6.07) is 11.9. The Bertz CT molecular complexity index is 976. The highest BCUT2D eigenvalue weighted by Crippen LogP contribution is 2.33. The van der Waals surface area contributed by atoms with Crippen LogP contribution in [0.1, 0.15) is 30.0 Å². The summed E-state index contributed by atoms with van der Waals surface area (Å²) >= 11 is 1.40. The predicted octanol–water partition coefficient (Wildman–Crippen LogP) is 2.03. The molecule has 1 unspecified atom stereocenters. The van der Waals surface area contributed by atoms with Crippen LogP contribution >= 0.6 is 11.3 Å². The zero-order valence-corrected chi connectivity index (χ0v) is 15.2. The molecule has 0 spiro atoms. The van der Waals surface area contributed by atoms with Crippen molar-refractivity contribution >= 4 is 17.2 Å². The standard InChI is InChI=1S/C18H19N5O2S/c1-21(15-9-4-7-13-6-2-3-8-14(13)15)16(24)12-22-18(25)23(20-19-22)17-10-5-11-26-17/h2-3,5-6,8,10-11,15H,4,7,9,12H2,1H3. The lowest BCUT2D eigenvalue weighted by Gasteiger charge is -2.33. The third-order valence-electron chi connectivity index (χ3n) is 4.84. The lowest BCUT2D eigenvalue weighted by atomic mass is 9.87. The molecule has 0 radical (unpaired) electrons. The maximum absolute atomic E-state index is 12.8. The fourth-order valence-electron chi connectivity index (χ4n) is 3.45. The zero-order valence-electron chi connectivity index (χ0n) is 14.4. The van der Waals surface area contributed by atoms with Gasteiger partial charge in [-0.05, 0) is 58.3 Å². The van der Waals surface area contributed by atoms with Gasteiger partial charge < -0.3 is 4.90 Å². The minimum Gasteiger partial charge on any atom is -0.337 e. The number of hydrogen-bond donors (Lipinski definition) is 0. The van der Waals surface area contributed by atoms with E-state index in [2.05, 4.69) is 22.6 Å². The van der Waals surface area contributed by atoms with Crippen LogP contribution in [0.15, 0.2) is 46.6 Å². The number of aromatic nitrogens is 4. The number of aryl methyl sites for hydroxylation is 1. The van der Waals surface area contributed by atoms with Crippen LogP contribution in [-0.2, 0) is 17.8 Å². The molecule has 2 heterocycles. The van der Waals surface area contributed by atoms with Crippen molar-refractivity contribution in [3.05, 3.63) is 63.4 Å². The molecule has 2 aromatic heterocycles. The Labute approximate surface area is 154 Å². The number of fused-ring (bicyclic) bond motifs is 1. The van der Waals surface area contributed by atoms with Crippen molar-refractivity contribution in [1.82, 2.24) is 24.7 Å². The van der Waals surface area contributed by atoms with Gasteiger partial charge in [0.1, 0.15) is 11.5 Å². The maximum atomic E-state index is 12.8. The van der Waals surface area contributed by atoms with Crippen molar-refractivity contribution in [2.75, 3.05) is 7.05 Å². The van der Waals surface area contributed by atoms with Gasteiger partial charge in [-0.3, -0.25) is 4.79 Å². The molecule has 0 aliphatic heterocycles. The average molecular weight is 369 g/mol. The number of amides is 1. The molecule has 3 aromatic rings. The first-order valence-corrected chi connectivity index (χ1v) is 9.43. The van der Waals surface area contributed by atoms with E-state index < -0.39 is 5.69 Å². The van der Waals surface area contributed by atoms with Crippen LogP contribution in [0.5, 0.6) is 0 Å². The van der Waals surface area contributed by atoms with Crippen molar-refractivity contribution in [1.29, 1.82) is 0 Å². The fourth-order valence-corrected chi connectivity index (χ4v) is 4.11. The Balaban J connectivity index is 1.54. The molecule has 1 aliphatic rings. The van der Waals surface area contributed by atoms with E-state index in [0.29, 0.717) is 5.00 Å². The van der Waals surface area contributed by atoms with Gasteiger partial charge in [0.05, 0.1) is 6.04 Å². The van der Waals surface area contributed by atoms with E-state index >= 15 is 0 Å². The molecule has 0 saturated heterocycles. The Hall–Kier alpha value is -2.74. The number of benzene rings is 1. The van der Waals surface area contributed by atoms with Crippen LogP contribution in [0.25, 0.3) is 5.00 Å². The number of hydrogen-bond acceptors (Lipinski definition) is 5. The topological polar surface area (TPSA) is 73.0 Å². The number of nitrogens with zero attached hydrogens (tertiary/aromatic N) is 5. The molecule has 7 nitrogen and oxygen atoms in total. The second kappa shape index (κ2) is 6.87. The second-order valence-corrected chi connectivity index (χ2v) is 7.32. The number of carbonyl (C=O) groups excluding carboxylic acids is 1. The van der Waals surface area contributed by atoms with Crippen LogP contribution in [0.2, 0.25) is 0 Å². The average Bonchev–Trinajstić information content (AvgIpc) is 3.31. The molecule has 134 valence electrons. The van der Waals surface area contributed by atoms with Crippen molar-refractivity contribution in [3.63, 3.8) is 0 Å². The number of rotatable bonds is 4. The normalized spacial score (nSPS) is 16.3. The van der Waals surface area contributed by atoms with E-state index in [1.165, 1.54) is 27.1 Å². The fraction of sp³-hybridized carbons (Fsp3) is 0.333. The van der Waals surface area contributed by atoms with Crippen molar-refractivity contribution in [2.24, 2.45) is 0 Å².